The highest BCUT2D eigenvalue weighted by Gasteiger charge is 2.31. The smallest absolute Gasteiger partial charge is 0.416 e. The minimum Gasteiger partial charge on any atom is -0.464 e. The van der Waals surface area contributed by atoms with E-state index in [-0.39, 0.29) is 17.1 Å². The zero-order chi connectivity index (χ0) is 18.2. The lowest BCUT2D eigenvalue weighted by Crippen LogP contribution is -2.15. The number of benzene rings is 2. The summed E-state index contributed by atoms with van der Waals surface area (Å²) in [5, 5.41) is 2.73. The van der Waals surface area contributed by atoms with Crippen LogP contribution >= 0.6 is 11.6 Å². The number of carbonyl (C=O) groups is 1. The summed E-state index contributed by atoms with van der Waals surface area (Å²) in [4.78, 5) is 12.1. The fraction of sp³-hybridized carbons (Fsp3) is 0.118. The quantitative estimate of drug-likeness (QED) is 0.624. The summed E-state index contributed by atoms with van der Waals surface area (Å²) in [5.41, 5.74) is -0.264. The molecule has 0 aliphatic rings. The van der Waals surface area contributed by atoms with Gasteiger partial charge in [-0.25, -0.2) is 4.39 Å². The van der Waals surface area contributed by atoms with E-state index in [1.54, 1.807) is 0 Å². The SMILES string of the molecule is O=C(Cc1coc2ccc(F)cc12)Nc1cc(C(F)(F)F)ccc1Cl. The number of amides is 1. The Morgan fingerprint density at radius 2 is 1.92 bits per heavy atom. The van der Waals surface area contributed by atoms with Crippen molar-refractivity contribution in [3.05, 3.63) is 64.6 Å². The lowest BCUT2D eigenvalue weighted by atomic mass is 10.1. The number of carbonyl (C=O) groups excluding carboxylic acids is 1. The first kappa shape index (κ1) is 17.3. The molecule has 1 aromatic heterocycles. The summed E-state index contributed by atoms with van der Waals surface area (Å²) in [5.74, 6) is -1.09. The van der Waals surface area contributed by atoms with Crippen molar-refractivity contribution < 1.29 is 26.8 Å². The Labute approximate surface area is 144 Å². The molecule has 3 nitrogen and oxygen atoms in total. The number of rotatable bonds is 3. The van der Waals surface area contributed by atoms with Crippen LogP contribution in [0, 0.1) is 5.82 Å². The predicted molar refractivity (Wildman–Crippen MR) is 85.0 cm³/mol. The van der Waals surface area contributed by atoms with E-state index in [1.165, 1.54) is 24.5 Å². The molecule has 1 heterocycles. The minimum atomic E-state index is -4.55. The van der Waals surface area contributed by atoms with Crippen LogP contribution in [-0.2, 0) is 17.4 Å². The molecule has 8 heteroatoms. The third kappa shape index (κ3) is 3.76. The topological polar surface area (TPSA) is 42.2 Å². The third-order valence-corrected chi connectivity index (χ3v) is 3.86. The second kappa shape index (κ2) is 6.40. The molecule has 0 aliphatic heterocycles. The van der Waals surface area contributed by atoms with E-state index in [9.17, 15) is 22.4 Å². The number of alkyl halides is 3. The highest BCUT2D eigenvalue weighted by molar-refractivity contribution is 6.33. The van der Waals surface area contributed by atoms with Crippen molar-refractivity contribution in [2.45, 2.75) is 12.6 Å². The van der Waals surface area contributed by atoms with Crippen molar-refractivity contribution in [2.75, 3.05) is 5.32 Å². The minimum absolute atomic E-state index is 0.0237. The summed E-state index contributed by atoms with van der Waals surface area (Å²) in [6.07, 6.45) is -3.46. The van der Waals surface area contributed by atoms with E-state index < -0.39 is 23.5 Å². The van der Waals surface area contributed by atoms with E-state index in [0.29, 0.717) is 16.5 Å². The molecule has 3 rings (SSSR count). The molecule has 25 heavy (non-hydrogen) atoms. The number of hydrogen-bond donors (Lipinski definition) is 1. The van der Waals surface area contributed by atoms with Crippen molar-refractivity contribution in [3.8, 4) is 0 Å². The molecule has 1 N–H and O–H groups in total. The van der Waals surface area contributed by atoms with Gasteiger partial charge in [0.25, 0.3) is 0 Å². The summed E-state index contributed by atoms with van der Waals surface area (Å²) >= 11 is 5.84. The number of hydrogen-bond acceptors (Lipinski definition) is 2. The highest BCUT2D eigenvalue weighted by atomic mass is 35.5. The molecule has 0 atom stereocenters. The van der Waals surface area contributed by atoms with Crippen LogP contribution in [0.1, 0.15) is 11.1 Å². The monoisotopic (exact) mass is 371 g/mol. The number of nitrogens with one attached hydrogen (secondary N) is 1. The van der Waals surface area contributed by atoms with Crippen LogP contribution < -0.4 is 5.32 Å². The zero-order valence-corrected chi connectivity index (χ0v) is 13.2. The van der Waals surface area contributed by atoms with Crippen LogP contribution in [0.4, 0.5) is 23.2 Å². The van der Waals surface area contributed by atoms with E-state index in [1.807, 2.05) is 0 Å². The largest absolute Gasteiger partial charge is 0.464 e. The van der Waals surface area contributed by atoms with Crippen LogP contribution in [0.2, 0.25) is 5.02 Å². The molecule has 1 amide bonds. The van der Waals surface area contributed by atoms with E-state index in [2.05, 4.69) is 5.32 Å². The van der Waals surface area contributed by atoms with Gasteiger partial charge in [0.15, 0.2) is 0 Å². The number of furan rings is 1. The number of fused-ring (bicyclic) bond motifs is 1. The Hall–Kier alpha value is -2.54. The molecule has 0 fully saturated rings. The standard InChI is InChI=1S/C17H10ClF4NO2/c18-13-3-1-10(17(20,21)22)6-14(13)23-16(24)5-9-8-25-15-4-2-11(19)7-12(9)15/h1-4,6-8H,5H2,(H,23,24). The molecule has 3 aromatic rings. The Morgan fingerprint density at radius 1 is 1.16 bits per heavy atom. The molecular formula is C17H10ClF4NO2. The Morgan fingerprint density at radius 3 is 2.64 bits per heavy atom. The lowest BCUT2D eigenvalue weighted by Gasteiger charge is -2.11. The third-order valence-electron chi connectivity index (χ3n) is 3.53. The first-order valence-corrected chi connectivity index (χ1v) is 7.44. The lowest BCUT2D eigenvalue weighted by molar-refractivity contribution is -0.137. The molecule has 130 valence electrons. The second-order valence-corrected chi connectivity index (χ2v) is 5.73. The Bertz CT molecular complexity index is 949. The molecule has 2 aromatic carbocycles. The Kier molecular flexibility index (Phi) is 4.43. The Balaban J connectivity index is 1.82. The number of anilines is 1. The first-order chi connectivity index (χ1) is 11.7. The predicted octanol–water partition coefficient (Wildman–Crippen LogP) is 5.43. The fourth-order valence-corrected chi connectivity index (χ4v) is 2.52. The molecule has 0 unspecified atom stereocenters. The van der Waals surface area contributed by atoms with Gasteiger partial charge in [0.05, 0.1) is 29.0 Å². The van der Waals surface area contributed by atoms with Crippen LogP contribution in [-0.4, -0.2) is 5.91 Å². The average Bonchev–Trinajstić information content (AvgIpc) is 2.90. The van der Waals surface area contributed by atoms with E-state index in [4.69, 9.17) is 16.0 Å². The second-order valence-electron chi connectivity index (χ2n) is 5.32. The van der Waals surface area contributed by atoms with Gasteiger partial charge >= 0.3 is 6.18 Å². The van der Waals surface area contributed by atoms with Gasteiger partial charge in [0.1, 0.15) is 11.4 Å². The molecule has 0 saturated carbocycles. The maximum Gasteiger partial charge on any atom is 0.416 e. The van der Waals surface area contributed by atoms with Gasteiger partial charge in [-0.1, -0.05) is 11.6 Å². The zero-order valence-electron chi connectivity index (χ0n) is 12.5. The van der Waals surface area contributed by atoms with Crippen molar-refractivity contribution in [1.82, 2.24) is 0 Å². The van der Waals surface area contributed by atoms with E-state index in [0.717, 1.165) is 18.2 Å². The molecule has 0 radical (unpaired) electrons. The molecule has 0 spiro atoms. The van der Waals surface area contributed by atoms with Gasteiger partial charge in [-0.2, -0.15) is 13.2 Å². The molecule has 0 saturated heterocycles. The summed E-state index contributed by atoms with van der Waals surface area (Å²) < 4.78 is 56.8. The van der Waals surface area contributed by atoms with Gasteiger partial charge in [0.2, 0.25) is 5.91 Å². The van der Waals surface area contributed by atoms with Crippen LogP contribution in [0.3, 0.4) is 0 Å². The highest BCUT2D eigenvalue weighted by Crippen LogP contribution is 2.34. The van der Waals surface area contributed by atoms with Gasteiger partial charge < -0.3 is 9.73 Å². The van der Waals surface area contributed by atoms with Crippen molar-refractivity contribution in [2.24, 2.45) is 0 Å². The summed E-state index contributed by atoms with van der Waals surface area (Å²) in [6, 6.07) is 6.51. The summed E-state index contributed by atoms with van der Waals surface area (Å²) in [6.45, 7) is 0. The van der Waals surface area contributed by atoms with Crippen molar-refractivity contribution in [3.63, 3.8) is 0 Å². The van der Waals surface area contributed by atoms with E-state index >= 15 is 0 Å². The molecule has 0 aliphatic carbocycles. The van der Waals surface area contributed by atoms with Gasteiger partial charge in [-0.05, 0) is 36.4 Å². The van der Waals surface area contributed by atoms with Crippen molar-refractivity contribution in [1.29, 1.82) is 0 Å². The normalized spacial score (nSPS) is 11.7. The number of halogens is 5. The maximum atomic E-state index is 13.3. The van der Waals surface area contributed by atoms with Gasteiger partial charge in [0, 0.05) is 10.9 Å². The molecular weight excluding hydrogens is 362 g/mol. The van der Waals surface area contributed by atoms with Crippen LogP contribution in [0.15, 0.2) is 47.1 Å². The van der Waals surface area contributed by atoms with Crippen LogP contribution in [0.25, 0.3) is 11.0 Å². The van der Waals surface area contributed by atoms with Gasteiger partial charge in [-0.3, -0.25) is 4.79 Å². The summed E-state index contributed by atoms with van der Waals surface area (Å²) in [7, 11) is 0. The maximum absolute atomic E-state index is 13.3. The molecule has 0 bridgehead atoms. The van der Waals surface area contributed by atoms with Gasteiger partial charge in [-0.15, -0.1) is 0 Å². The fourth-order valence-electron chi connectivity index (χ4n) is 2.36. The first-order valence-electron chi connectivity index (χ1n) is 7.06. The van der Waals surface area contributed by atoms with Crippen LogP contribution in [0.5, 0.6) is 0 Å². The van der Waals surface area contributed by atoms with Crippen molar-refractivity contribution >= 4 is 34.2 Å². The average molecular weight is 372 g/mol.